The van der Waals surface area contributed by atoms with Crippen molar-refractivity contribution in [2.24, 2.45) is 5.92 Å². The highest BCUT2D eigenvalue weighted by Crippen LogP contribution is 2.30. The molecule has 1 amide bonds. The Hall–Kier alpha value is -0.620. The van der Waals surface area contributed by atoms with Crippen molar-refractivity contribution in [3.63, 3.8) is 0 Å². The summed E-state index contributed by atoms with van der Waals surface area (Å²) in [6.07, 6.45) is 5.26. The van der Waals surface area contributed by atoms with Crippen molar-refractivity contribution in [3.05, 3.63) is 22.4 Å². The summed E-state index contributed by atoms with van der Waals surface area (Å²) in [6.45, 7) is 2.95. The van der Waals surface area contributed by atoms with Crippen molar-refractivity contribution >= 4 is 29.7 Å². The van der Waals surface area contributed by atoms with E-state index >= 15 is 0 Å². The minimum absolute atomic E-state index is 0. The van der Waals surface area contributed by atoms with Gasteiger partial charge in [0.15, 0.2) is 0 Å². The van der Waals surface area contributed by atoms with Gasteiger partial charge in [-0.3, -0.25) is 4.79 Å². The predicted octanol–water partition coefficient (Wildman–Crippen LogP) is 2.97. The van der Waals surface area contributed by atoms with Crippen LogP contribution in [0.2, 0.25) is 0 Å². The highest BCUT2D eigenvalue weighted by atomic mass is 35.5. The molecule has 3 rings (SSSR count). The molecular formula is C17H27ClN2O2S. The molecule has 2 unspecified atom stereocenters. The number of aliphatic hydroxyl groups is 1. The number of hydrogen-bond acceptors (Lipinski definition) is 4. The lowest BCUT2D eigenvalue weighted by atomic mass is 9.94. The zero-order chi connectivity index (χ0) is 15.4. The van der Waals surface area contributed by atoms with Crippen molar-refractivity contribution in [2.45, 2.75) is 50.7 Å². The maximum atomic E-state index is 12.6. The van der Waals surface area contributed by atoms with Gasteiger partial charge < -0.3 is 15.3 Å². The Labute approximate surface area is 148 Å². The van der Waals surface area contributed by atoms with E-state index in [0.717, 1.165) is 50.2 Å². The summed E-state index contributed by atoms with van der Waals surface area (Å²) in [6, 6.07) is 4.16. The fourth-order valence-corrected chi connectivity index (χ4v) is 4.44. The first-order valence-electron chi connectivity index (χ1n) is 8.45. The second-order valence-corrected chi connectivity index (χ2v) is 7.53. The van der Waals surface area contributed by atoms with Crippen molar-refractivity contribution in [1.29, 1.82) is 0 Å². The van der Waals surface area contributed by atoms with Crippen molar-refractivity contribution in [3.8, 4) is 0 Å². The molecule has 4 nitrogen and oxygen atoms in total. The molecule has 2 atom stereocenters. The molecule has 6 heteroatoms. The first kappa shape index (κ1) is 18.7. The van der Waals surface area contributed by atoms with Crippen LogP contribution in [0.5, 0.6) is 0 Å². The van der Waals surface area contributed by atoms with Crippen LogP contribution in [0.1, 0.15) is 49.5 Å². The molecular weight excluding hydrogens is 332 g/mol. The molecule has 0 saturated carbocycles. The zero-order valence-corrected chi connectivity index (χ0v) is 15.1. The van der Waals surface area contributed by atoms with E-state index in [1.807, 2.05) is 22.4 Å². The minimum atomic E-state index is -0.433. The topological polar surface area (TPSA) is 52.6 Å². The van der Waals surface area contributed by atoms with Gasteiger partial charge in [0.2, 0.25) is 5.91 Å². The number of nitrogens with zero attached hydrogens (tertiary/aromatic N) is 1. The van der Waals surface area contributed by atoms with Crippen molar-refractivity contribution < 1.29 is 9.90 Å². The molecule has 3 heterocycles. The summed E-state index contributed by atoms with van der Waals surface area (Å²) < 4.78 is 0. The van der Waals surface area contributed by atoms with Crippen molar-refractivity contribution in [2.75, 3.05) is 19.6 Å². The van der Waals surface area contributed by atoms with Crippen LogP contribution in [0.25, 0.3) is 0 Å². The molecule has 0 aromatic carbocycles. The van der Waals surface area contributed by atoms with Crippen LogP contribution in [0, 0.1) is 5.92 Å². The number of aliphatic hydroxyl groups excluding tert-OH is 1. The van der Waals surface area contributed by atoms with E-state index in [2.05, 4.69) is 5.32 Å². The van der Waals surface area contributed by atoms with Gasteiger partial charge in [-0.05, 0) is 62.6 Å². The van der Waals surface area contributed by atoms with E-state index in [1.165, 1.54) is 0 Å². The summed E-state index contributed by atoms with van der Waals surface area (Å²) in [5.41, 5.74) is 0. The Kier molecular flexibility index (Phi) is 7.34. The van der Waals surface area contributed by atoms with E-state index in [4.69, 9.17) is 0 Å². The van der Waals surface area contributed by atoms with Crippen LogP contribution < -0.4 is 5.32 Å². The van der Waals surface area contributed by atoms with Crippen LogP contribution >= 0.6 is 23.7 Å². The first-order chi connectivity index (χ1) is 10.7. The molecule has 1 aromatic heterocycles. The van der Waals surface area contributed by atoms with E-state index in [9.17, 15) is 9.90 Å². The summed E-state index contributed by atoms with van der Waals surface area (Å²) in [7, 11) is 0. The SMILES string of the molecule is Cl.O=C(CC1CCNCC1)N1CCCC1CC(O)c1cccs1. The molecule has 2 fully saturated rings. The third-order valence-electron chi connectivity index (χ3n) is 4.99. The molecule has 2 aliphatic rings. The van der Waals surface area contributed by atoms with E-state index < -0.39 is 6.10 Å². The van der Waals surface area contributed by atoms with Crippen LogP contribution in [-0.2, 0) is 4.79 Å². The average molecular weight is 359 g/mol. The van der Waals surface area contributed by atoms with Gasteiger partial charge in [-0.2, -0.15) is 0 Å². The molecule has 0 bridgehead atoms. The Bertz CT molecular complexity index is 477. The Morgan fingerprint density at radius 3 is 2.87 bits per heavy atom. The molecule has 2 N–H and O–H groups in total. The van der Waals surface area contributed by atoms with Gasteiger partial charge in [0.1, 0.15) is 0 Å². The number of piperidine rings is 1. The molecule has 2 aliphatic heterocycles. The van der Waals surface area contributed by atoms with E-state index in [1.54, 1.807) is 11.3 Å². The second kappa shape index (κ2) is 9.02. The summed E-state index contributed by atoms with van der Waals surface area (Å²) >= 11 is 1.59. The highest BCUT2D eigenvalue weighted by molar-refractivity contribution is 7.10. The molecule has 130 valence electrons. The van der Waals surface area contributed by atoms with Crippen LogP contribution in [0.15, 0.2) is 17.5 Å². The van der Waals surface area contributed by atoms with Gasteiger partial charge >= 0.3 is 0 Å². The fourth-order valence-electron chi connectivity index (χ4n) is 3.71. The van der Waals surface area contributed by atoms with Gasteiger partial charge in [0, 0.05) is 23.9 Å². The monoisotopic (exact) mass is 358 g/mol. The maximum Gasteiger partial charge on any atom is 0.223 e. The highest BCUT2D eigenvalue weighted by Gasteiger charge is 2.32. The van der Waals surface area contributed by atoms with Crippen molar-refractivity contribution in [1.82, 2.24) is 10.2 Å². The number of nitrogens with one attached hydrogen (secondary N) is 1. The van der Waals surface area contributed by atoms with E-state index in [-0.39, 0.29) is 18.4 Å². The van der Waals surface area contributed by atoms with E-state index in [0.29, 0.717) is 24.7 Å². The molecule has 1 aromatic rings. The smallest absolute Gasteiger partial charge is 0.223 e. The quantitative estimate of drug-likeness (QED) is 0.850. The average Bonchev–Trinajstić information content (AvgIpc) is 3.19. The lowest BCUT2D eigenvalue weighted by Gasteiger charge is -2.29. The largest absolute Gasteiger partial charge is 0.387 e. The standard InChI is InChI=1S/C17H26N2O2S.ClH/c20-15(16-4-2-10-22-16)12-14-3-1-9-19(14)17(21)11-13-5-7-18-8-6-13;/h2,4,10,13-15,18,20H,1,3,5-9,11-12H2;1H. The predicted molar refractivity (Wildman–Crippen MR) is 96.1 cm³/mol. The number of hydrogen-bond donors (Lipinski definition) is 2. The third-order valence-corrected chi connectivity index (χ3v) is 5.96. The number of carbonyl (C=O) groups excluding carboxylic acids is 1. The van der Waals surface area contributed by atoms with Gasteiger partial charge in [0.25, 0.3) is 0 Å². The van der Waals surface area contributed by atoms with Gasteiger partial charge in [-0.1, -0.05) is 6.07 Å². The molecule has 0 aliphatic carbocycles. The van der Waals surface area contributed by atoms with Gasteiger partial charge in [-0.15, -0.1) is 23.7 Å². The van der Waals surface area contributed by atoms with Crippen LogP contribution in [0.4, 0.5) is 0 Å². The Balaban J connectivity index is 0.00000192. The molecule has 0 radical (unpaired) electrons. The summed E-state index contributed by atoms with van der Waals surface area (Å²) in [4.78, 5) is 15.7. The number of halogens is 1. The number of amides is 1. The van der Waals surface area contributed by atoms with Crippen LogP contribution in [0.3, 0.4) is 0 Å². The maximum absolute atomic E-state index is 12.6. The zero-order valence-electron chi connectivity index (χ0n) is 13.4. The molecule has 23 heavy (non-hydrogen) atoms. The number of rotatable bonds is 5. The first-order valence-corrected chi connectivity index (χ1v) is 9.33. The number of likely N-dealkylation sites (tertiary alicyclic amines) is 1. The lowest BCUT2D eigenvalue weighted by Crippen LogP contribution is -2.38. The normalized spacial score (nSPS) is 23.5. The Morgan fingerprint density at radius 2 is 2.17 bits per heavy atom. The van der Waals surface area contributed by atoms with Gasteiger partial charge in [-0.25, -0.2) is 0 Å². The number of thiophene rings is 1. The lowest BCUT2D eigenvalue weighted by molar-refractivity contribution is -0.133. The second-order valence-electron chi connectivity index (χ2n) is 6.55. The molecule has 2 saturated heterocycles. The molecule has 0 spiro atoms. The van der Waals surface area contributed by atoms with Crippen LogP contribution in [-0.4, -0.2) is 41.6 Å². The minimum Gasteiger partial charge on any atom is -0.387 e. The summed E-state index contributed by atoms with van der Waals surface area (Å²) in [5, 5.41) is 15.7. The summed E-state index contributed by atoms with van der Waals surface area (Å²) in [5.74, 6) is 0.838. The van der Waals surface area contributed by atoms with Gasteiger partial charge in [0.05, 0.1) is 6.10 Å². The third kappa shape index (κ3) is 4.92. The Morgan fingerprint density at radius 1 is 1.39 bits per heavy atom. The number of carbonyl (C=O) groups is 1. The fraction of sp³-hybridized carbons (Fsp3) is 0.706.